The molecular formula is C20H18F3N5O2. The highest BCUT2D eigenvalue weighted by atomic mass is 19.4. The highest BCUT2D eigenvalue weighted by Gasteiger charge is 2.31. The van der Waals surface area contributed by atoms with Crippen LogP contribution in [0.4, 0.5) is 13.2 Å². The summed E-state index contributed by atoms with van der Waals surface area (Å²) in [6, 6.07) is 7.49. The Morgan fingerprint density at radius 1 is 1.03 bits per heavy atom. The second-order valence-electron chi connectivity index (χ2n) is 6.53. The Morgan fingerprint density at radius 3 is 2.53 bits per heavy atom. The zero-order valence-corrected chi connectivity index (χ0v) is 15.8. The van der Waals surface area contributed by atoms with Crippen molar-refractivity contribution in [3.8, 4) is 5.75 Å². The maximum absolute atomic E-state index is 12.3. The molecule has 3 heterocycles. The number of alkyl halides is 3. The molecule has 0 radical (unpaired) electrons. The fourth-order valence-electron chi connectivity index (χ4n) is 2.97. The first-order valence-corrected chi connectivity index (χ1v) is 9.16. The zero-order chi connectivity index (χ0) is 21.0. The number of hydrazone groups is 1. The number of nitrogens with zero attached hydrogens (tertiary/aromatic N) is 5. The molecule has 2 aromatic rings. The van der Waals surface area contributed by atoms with Crippen molar-refractivity contribution < 1.29 is 22.6 Å². The van der Waals surface area contributed by atoms with Crippen LogP contribution >= 0.6 is 0 Å². The minimum absolute atomic E-state index is 0.259. The summed E-state index contributed by atoms with van der Waals surface area (Å²) in [6.07, 6.45) is 4.88. The van der Waals surface area contributed by atoms with Gasteiger partial charge in [-0.25, -0.2) is 9.97 Å². The lowest BCUT2D eigenvalue weighted by Crippen LogP contribution is -2.27. The van der Waals surface area contributed by atoms with Crippen LogP contribution in [0.15, 0.2) is 66.2 Å². The van der Waals surface area contributed by atoms with E-state index < -0.39 is 6.36 Å². The predicted molar refractivity (Wildman–Crippen MR) is 103 cm³/mol. The molecule has 4 rings (SSSR count). The number of amidine groups is 1. The van der Waals surface area contributed by atoms with Crippen LogP contribution in [0.3, 0.4) is 0 Å². The van der Waals surface area contributed by atoms with Crippen molar-refractivity contribution >= 4 is 11.4 Å². The average Bonchev–Trinajstić information content (AvgIpc) is 2.94. The number of halogens is 3. The minimum Gasteiger partial charge on any atom is -0.406 e. The van der Waals surface area contributed by atoms with Gasteiger partial charge in [-0.05, 0) is 41.5 Å². The van der Waals surface area contributed by atoms with E-state index in [-0.39, 0.29) is 5.75 Å². The second-order valence-corrected chi connectivity index (χ2v) is 6.53. The largest absolute Gasteiger partial charge is 0.573 e. The van der Waals surface area contributed by atoms with Crippen LogP contribution in [-0.2, 0) is 11.2 Å². The van der Waals surface area contributed by atoms with Crippen molar-refractivity contribution in [2.75, 3.05) is 20.0 Å². The van der Waals surface area contributed by atoms with Crippen molar-refractivity contribution in [3.63, 3.8) is 0 Å². The number of benzene rings is 1. The van der Waals surface area contributed by atoms with Crippen molar-refractivity contribution in [2.24, 2.45) is 5.10 Å². The van der Waals surface area contributed by atoms with E-state index in [9.17, 15) is 13.2 Å². The molecule has 0 bridgehead atoms. The van der Waals surface area contributed by atoms with Crippen molar-refractivity contribution in [1.82, 2.24) is 19.9 Å². The van der Waals surface area contributed by atoms with E-state index in [0.29, 0.717) is 32.3 Å². The lowest BCUT2D eigenvalue weighted by atomic mass is 10.0. The third-order valence-electron chi connectivity index (χ3n) is 4.35. The first-order valence-electron chi connectivity index (χ1n) is 9.16. The molecular weight excluding hydrogens is 399 g/mol. The second kappa shape index (κ2) is 8.54. The van der Waals surface area contributed by atoms with Gasteiger partial charge < -0.3 is 14.4 Å². The number of aromatic nitrogens is 2. The van der Waals surface area contributed by atoms with E-state index in [0.717, 1.165) is 17.0 Å². The molecule has 2 aliphatic rings. The molecule has 2 aliphatic heterocycles. The topological polar surface area (TPSA) is 63.1 Å². The van der Waals surface area contributed by atoms with Crippen LogP contribution in [0.2, 0.25) is 0 Å². The fraction of sp³-hybridized carbons (Fsp3) is 0.250. The van der Waals surface area contributed by atoms with Crippen molar-refractivity contribution in [2.45, 2.75) is 12.8 Å². The van der Waals surface area contributed by atoms with E-state index in [1.54, 1.807) is 35.6 Å². The number of hydrogen-bond donors (Lipinski definition) is 0. The number of rotatable bonds is 5. The lowest BCUT2D eigenvalue weighted by Gasteiger charge is -2.22. The molecule has 0 saturated carbocycles. The van der Waals surface area contributed by atoms with Crippen LogP contribution < -0.4 is 4.74 Å². The molecule has 0 fully saturated rings. The molecule has 1 aromatic carbocycles. The molecule has 1 aromatic heterocycles. The molecule has 0 amide bonds. The lowest BCUT2D eigenvalue weighted by molar-refractivity contribution is -0.274. The first kappa shape index (κ1) is 19.9. The van der Waals surface area contributed by atoms with Crippen LogP contribution in [0.1, 0.15) is 11.4 Å². The van der Waals surface area contributed by atoms with Crippen LogP contribution in [0.5, 0.6) is 5.75 Å². The maximum Gasteiger partial charge on any atom is 0.573 e. The zero-order valence-electron chi connectivity index (χ0n) is 15.8. The fourth-order valence-corrected chi connectivity index (χ4v) is 2.97. The summed E-state index contributed by atoms with van der Waals surface area (Å²) in [7, 11) is 0. The highest BCUT2D eigenvalue weighted by molar-refractivity contribution is 5.99. The summed E-state index contributed by atoms with van der Waals surface area (Å²) in [5.74, 6) is 1.19. The van der Waals surface area contributed by atoms with E-state index in [1.807, 2.05) is 23.3 Å². The Hall–Kier alpha value is -3.40. The molecule has 30 heavy (non-hydrogen) atoms. The summed E-state index contributed by atoms with van der Waals surface area (Å²) >= 11 is 0. The van der Waals surface area contributed by atoms with Gasteiger partial charge in [0.25, 0.3) is 0 Å². The van der Waals surface area contributed by atoms with Gasteiger partial charge in [-0.3, -0.25) is 5.01 Å². The predicted octanol–water partition coefficient (Wildman–Crippen LogP) is 3.39. The highest BCUT2D eigenvalue weighted by Crippen LogP contribution is 2.27. The van der Waals surface area contributed by atoms with Gasteiger partial charge in [0.15, 0.2) is 5.84 Å². The van der Waals surface area contributed by atoms with E-state index >= 15 is 0 Å². The molecule has 0 aliphatic carbocycles. The van der Waals surface area contributed by atoms with E-state index in [2.05, 4.69) is 19.8 Å². The van der Waals surface area contributed by atoms with Gasteiger partial charge in [0.1, 0.15) is 25.0 Å². The number of fused-ring (bicyclic) bond motifs is 1. The Kier molecular flexibility index (Phi) is 5.66. The molecule has 0 atom stereocenters. The molecule has 0 spiro atoms. The molecule has 0 unspecified atom stereocenters. The van der Waals surface area contributed by atoms with Gasteiger partial charge >= 0.3 is 6.36 Å². The van der Waals surface area contributed by atoms with Crippen LogP contribution in [0.25, 0.3) is 5.57 Å². The van der Waals surface area contributed by atoms with Gasteiger partial charge in [-0.15, -0.1) is 13.2 Å². The van der Waals surface area contributed by atoms with E-state index in [1.165, 1.54) is 12.1 Å². The maximum atomic E-state index is 12.3. The van der Waals surface area contributed by atoms with Gasteiger partial charge in [0.2, 0.25) is 0 Å². The third-order valence-corrected chi connectivity index (χ3v) is 4.35. The Balaban J connectivity index is 1.43. The Labute approximate surface area is 170 Å². The molecule has 0 saturated heterocycles. The van der Waals surface area contributed by atoms with Gasteiger partial charge in [0, 0.05) is 31.6 Å². The standard InChI is InChI=1S/C20H18F3N5O2/c21-20(22,23)30-17-5-2-15(3-6-17)16-4-7-19-26-28(14-29-13-27(19)12-16)11-8-18-24-9-1-10-25-18/h1-7,9-10,12H,8,11,13-14H2. The monoisotopic (exact) mass is 417 g/mol. The Bertz CT molecular complexity index is 959. The molecule has 10 heteroatoms. The minimum atomic E-state index is -4.71. The summed E-state index contributed by atoms with van der Waals surface area (Å²) in [5.41, 5.74) is 1.57. The van der Waals surface area contributed by atoms with Crippen LogP contribution in [0, 0.1) is 0 Å². The normalized spacial score (nSPS) is 16.5. The summed E-state index contributed by atoms with van der Waals surface area (Å²) in [4.78, 5) is 10.3. The smallest absolute Gasteiger partial charge is 0.406 e. The van der Waals surface area contributed by atoms with Crippen molar-refractivity contribution in [3.05, 3.63) is 72.5 Å². The average molecular weight is 417 g/mol. The van der Waals surface area contributed by atoms with Gasteiger partial charge in [-0.2, -0.15) is 5.10 Å². The number of hydrogen-bond acceptors (Lipinski definition) is 7. The number of allylic oxidation sites excluding steroid dienone is 2. The van der Waals surface area contributed by atoms with Crippen molar-refractivity contribution in [1.29, 1.82) is 0 Å². The quantitative estimate of drug-likeness (QED) is 0.743. The number of ether oxygens (including phenoxy) is 2. The molecule has 0 N–H and O–H groups in total. The first-order chi connectivity index (χ1) is 14.5. The SMILES string of the molecule is FC(F)(F)Oc1ccc(C2=CN3COCN(CCc4ncccn4)N=C3C=C2)cc1. The van der Waals surface area contributed by atoms with Gasteiger partial charge in [-0.1, -0.05) is 12.1 Å². The van der Waals surface area contributed by atoms with Gasteiger partial charge in [0.05, 0.1) is 0 Å². The Morgan fingerprint density at radius 2 is 1.80 bits per heavy atom. The summed E-state index contributed by atoms with van der Waals surface area (Å²) in [6.45, 7) is 1.24. The summed E-state index contributed by atoms with van der Waals surface area (Å²) in [5, 5.41) is 6.42. The molecule has 156 valence electrons. The molecule has 7 nitrogen and oxygen atoms in total. The van der Waals surface area contributed by atoms with Crippen LogP contribution in [-0.4, -0.2) is 52.1 Å². The summed E-state index contributed by atoms with van der Waals surface area (Å²) < 4.78 is 46.6. The van der Waals surface area contributed by atoms with E-state index in [4.69, 9.17) is 4.74 Å². The third kappa shape index (κ3) is 5.15.